The lowest BCUT2D eigenvalue weighted by atomic mass is 10.1. The molecule has 0 aromatic heterocycles. The van der Waals surface area contributed by atoms with Crippen molar-refractivity contribution in [2.45, 2.75) is 38.1 Å². The Balaban J connectivity index is 1.65. The van der Waals surface area contributed by atoms with Gasteiger partial charge in [0.1, 0.15) is 0 Å². The first-order chi connectivity index (χ1) is 12.9. The summed E-state index contributed by atoms with van der Waals surface area (Å²) in [6, 6.07) is 11.1. The lowest BCUT2D eigenvalue weighted by Crippen LogP contribution is -2.28. The van der Waals surface area contributed by atoms with E-state index in [9.17, 15) is 12.8 Å². The SMILES string of the molecule is C[C@@H](NS(=O)(=O)Cc1ccc(CN)cc1)c1ccc(F)c(OCC2CC2)c1. The fourth-order valence-corrected chi connectivity index (χ4v) is 4.15. The van der Waals surface area contributed by atoms with Crippen molar-refractivity contribution >= 4 is 10.0 Å². The lowest BCUT2D eigenvalue weighted by molar-refractivity contribution is 0.285. The molecule has 27 heavy (non-hydrogen) atoms. The zero-order valence-corrected chi connectivity index (χ0v) is 16.1. The third-order valence-corrected chi connectivity index (χ3v) is 6.02. The molecule has 1 fully saturated rings. The molecule has 2 aromatic carbocycles. The number of hydrogen-bond acceptors (Lipinski definition) is 4. The van der Waals surface area contributed by atoms with Crippen LogP contribution in [0.2, 0.25) is 0 Å². The molecule has 0 radical (unpaired) electrons. The topological polar surface area (TPSA) is 81.4 Å². The van der Waals surface area contributed by atoms with Crippen LogP contribution in [-0.4, -0.2) is 15.0 Å². The quantitative estimate of drug-likeness (QED) is 0.686. The van der Waals surface area contributed by atoms with Crippen LogP contribution in [0.15, 0.2) is 42.5 Å². The molecule has 3 N–H and O–H groups in total. The molecule has 0 aliphatic heterocycles. The maximum absolute atomic E-state index is 13.9. The maximum Gasteiger partial charge on any atom is 0.216 e. The Labute approximate surface area is 159 Å². The Hall–Kier alpha value is -1.96. The van der Waals surface area contributed by atoms with Crippen molar-refractivity contribution in [2.24, 2.45) is 11.7 Å². The van der Waals surface area contributed by atoms with E-state index in [1.807, 2.05) is 12.1 Å². The van der Waals surface area contributed by atoms with Gasteiger partial charge in [-0.1, -0.05) is 30.3 Å². The number of ether oxygens (including phenoxy) is 1. The van der Waals surface area contributed by atoms with Crippen molar-refractivity contribution in [1.29, 1.82) is 0 Å². The summed E-state index contributed by atoms with van der Waals surface area (Å²) >= 11 is 0. The number of nitrogens with two attached hydrogens (primary N) is 1. The summed E-state index contributed by atoms with van der Waals surface area (Å²) in [5, 5.41) is 0. The summed E-state index contributed by atoms with van der Waals surface area (Å²) in [7, 11) is -3.56. The van der Waals surface area contributed by atoms with Crippen LogP contribution in [0.1, 0.15) is 42.5 Å². The molecule has 3 rings (SSSR count). The van der Waals surface area contributed by atoms with Gasteiger partial charge in [-0.3, -0.25) is 0 Å². The van der Waals surface area contributed by atoms with E-state index in [1.165, 1.54) is 6.07 Å². The Morgan fingerprint density at radius 2 is 1.85 bits per heavy atom. The van der Waals surface area contributed by atoms with Gasteiger partial charge in [0.15, 0.2) is 11.6 Å². The minimum Gasteiger partial charge on any atom is -0.490 e. The van der Waals surface area contributed by atoms with E-state index in [-0.39, 0.29) is 11.5 Å². The van der Waals surface area contributed by atoms with Gasteiger partial charge in [-0.2, -0.15) is 0 Å². The molecule has 5 nitrogen and oxygen atoms in total. The smallest absolute Gasteiger partial charge is 0.216 e. The van der Waals surface area contributed by atoms with Crippen molar-refractivity contribution in [3.8, 4) is 5.75 Å². The zero-order chi connectivity index (χ0) is 19.4. The first-order valence-electron chi connectivity index (χ1n) is 9.06. The molecule has 0 heterocycles. The van der Waals surface area contributed by atoms with Crippen LogP contribution >= 0.6 is 0 Å². The number of rotatable bonds is 9. The van der Waals surface area contributed by atoms with Crippen LogP contribution in [0.3, 0.4) is 0 Å². The lowest BCUT2D eigenvalue weighted by Gasteiger charge is -2.16. The molecule has 0 unspecified atom stereocenters. The summed E-state index contributed by atoms with van der Waals surface area (Å²) in [6.07, 6.45) is 2.23. The monoisotopic (exact) mass is 392 g/mol. The molecule has 1 atom stereocenters. The van der Waals surface area contributed by atoms with E-state index in [0.717, 1.165) is 18.4 Å². The molecule has 0 amide bonds. The first-order valence-corrected chi connectivity index (χ1v) is 10.7. The molecule has 1 aliphatic rings. The number of hydrogen-bond donors (Lipinski definition) is 2. The Morgan fingerprint density at radius 3 is 2.48 bits per heavy atom. The van der Waals surface area contributed by atoms with Crippen LogP contribution in [0.4, 0.5) is 4.39 Å². The summed E-state index contributed by atoms with van der Waals surface area (Å²) in [6.45, 7) is 2.64. The van der Waals surface area contributed by atoms with E-state index in [0.29, 0.717) is 30.2 Å². The van der Waals surface area contributed by atoms with Crippen LogP contribution in [0, 0.1) is 11.7 Å². The third-order valence-electron chi connectivity index (χ3n) is 4.60. The standard InChI is InChI=1S/C20H25FN2O3S/c1-14(18-8-9-19(21)20(10-18)26-12-16-4-5-16)23-27(24,25)13-17-6-2-15(11-22)3-7-17/h2-3,6-10,14,16,23H,4-5,11-13,22H2,1H3/t14-/m1/s1. The van der Waals surface area contributed by atoms with Crippen LogP contribution < -0.4 is 15.2 Å². The van der Waals surface area contributed by atoms with Crippen molar-refractivity contribution in [1.82, 2.24) is 4.72 Å². The minimum atomic E-state index is -3.56. The molecule has 2 aromatic rings. The van der Waals surface area contributed by atoms with Crippen molar-refractivity contribution in [3.05, 3.63) is 65.0 Å². The summed E-state index contributed by atoms with van der Waals surface area (Å²) in [5.74, 6) is 0.112. The van der Waals surface area contributed by atoms with Crippen LogP contribution in [-0.2, 0) is 22.3 Å². The number of sulfonamides is 1. The molecule has 1 saturated carbocycles. The molecular formula is C20H25FN2O3S. The van der Waals surface area contributed by atoms with Crippen molar-refractivity contribution < 1.29 is 17.5 Å². The van der Waals surface area contributed by atoms with Crippen molar-refractivity contribution in [3.63, 3.8) is 0 Å². The predicted molar refractivity (Wildman–Crippen MR) is 103 cm³/mol. The number of nitrogens with one attached hydrogen (secondary N) is 1. The van der Waals surface area contributed by atoms with Gasteiger partial charge in [0.05, 0.1) is 12.4 Å². The van der Waals surface area contributed by atoms with Gasteiger partial charge < -0.3 is 10.5 Å². The predicted octanol–water partition coefficient (Wildman–Crippen LogP) is 3.25. The van der Waals surface area contributed by atoms with Gasteiger partial charge in [0, 0.05) is 12.6 Å². The summed E-state index contributed by atoms with van der Waals surface area (Å²) < 4.78 is 47.0. The average Bonchev–Trinajstić information content (AvgIpc) is 3.45. The van der Waals surface area contributed by atoms with Gasteiger partial charge >= 0.3 is 0 Å². The Bertz CT molecular complexity index is 881. The molecule has 7 heteroatoms. The molecule has 0 spiro atoms. The highest BCUT2D eigenvalue weighted by Gasteiger charge is 2.23. The molecule has 0 bridgehead atoms. The first kappa shape index (κ1) is 19.8. The molecule has 0 saturated heterocycles. The average molecular weight is 392 g/mol. The van der Waals surface area contributed by atoms with Gasteiger partial charge in [-0.15, -0.1) is 0 Å². The van der Waals surface area contributed by atoms with Crippen molar-refractivity contribution in [2.75, 3.05) is 6.61 Å². The highest BCUT2D eigenvalue weighted by atomic mass is 32.2. The van der Waals surface area contributed by atoms with E-state index in [4.69, 9.17) is 10.5 Å². The van der Waals surface area contributed by atoms with E-state index >= 15 is 0 Å². The highest BCUT2D eigenvalue weighted by molar-refractivity contribution is 7.88. The van der Waals surface area contributed by atoms with E-state index in [1.54, 1.807) is 31.2 Å². The van der Waals surface area contributed by atoms with Gasteiger partial charge in [0.25, 0.3) is 0 Å². The normalized spacial score (nSPS) is 15.5. The molecular weight excluding hydrogens is 367 g/mol. The highest BCUT2D eigenvalue weighted by Crippen LogP contribution is 2.31. The molecule has 146 valence electrons. The summed E-state index contributed by atoms with van der Waals surface area (Å²) in [4.78, 5) is 0. The second kappa shape index (κ2) is 8.37. The van der Waals surface area contributed by atoms with Gasteiger partial charge in [-0.05, 0) is 54.5 Å². The Kier molecular flexibility index (Phi) is 6.14. The maximum atomic E-state index is 13.9. The van der Waals surface area contributed by atoms with Crippen LogP contribution in [0.25, 0.3) is 0 Å². The van der Waals surface area contributed by atoms with E-state index < -0.39 is 21.9 Å². The van der Waals surface area contributed by atoms with E-state index in [2.05, 4.69) is 4.72 Å². The van der Waals surface area contributed by atoms with Gasteiger partial charge in [0.2, 0.25) is 10.0 Å². The number of benzene rings is 2. The fraction of sp³-hybridized carbons (Fsp3) is 0.400. The van der Waals surface area contributed by atoms with Gasteiger partial charge in [-0.25, -0.2) is 17.5 Å². The zero-order valence-electron chi connectivity index (χ0n) is 15.3. The second-order valence-electron chi connectivity index (χ2n) is 7.06. The number of halogens is 1. The minimum absolute atomic E-state index is 0.131. The largest absolute Gasteiger partial charge is 0.490 e. The Morgan fingerprint density at radius 1 is 1.19 bits per heavy atom. The fourth-order valence-electron chi connectivity index (χ4n) is 2.76. The summed E-state index contributed by atoms with van der Waals surface area (Å²) in [5.41, 5.74) is 7.84. The third kappa shape index (κ3) is 5.76. The molecule has 1 aliphatic carbocycles. The second-order valence-corrected chi connectivity index (χ2v) is 8.82. The van der Waals surface area contributed by atoms with Crippen LogP contribution in [0.5, 0.6) is 5.75 Å².